The van der Waals surface area contributed by atoms with Crippen molar-refractivity contribution in [2.75, 3.05) is 5.32 Å². The van der Waals surface area contributed by atoms with E-state index >= 15 is 0 Å². The smallest absolute Gasteiger partial charge is 0.277 e. The van der Waals surface area contributed by atoms with E-state index in [0.717, 1.165) is 12.0 Å². The van der Waals surface area contributed by atoms with Crippen LogP contribution >= 0.6 is 0 Å². The Morgan fingerprint density at radius 2 is 1.77 bits per heavy atom. The maximum absolute atomic E-state index is 13.0. The first kappa shape index (κ1) is 19.5. The van der Waals surface area contributed by atoms with Gasteiger partial charge < -0.3 is 5.32 Å². The highest BCUT2D eigenvalue weighted by atomic mass is 16.2. The molecule has 0 fully saturated rings. The number of benzene rings is 1. The number of nitrogens with zero attached hydrogens (tertiary/aromatic N) is 5. The number of amides is 1. The number of hydrogen-bond acceptors (Lipinski definition) is 5. The molecule has 1 N–H and O–H groups in total. The lowest BCUT2D eigenvalue weighted by molar-refractivity contribution is 0.102. The van der Waals surface area contributed by atoms with Gasteiger partial charge in [-0.15, -0.1) is 0 Å². The van der Waals surface area contributed by atoms with Crippen LogP contribution < -0.4 is 10.9 Å². The zero-order valence-electron chi connectivity index (χ0n) is 16.8. The zero-order chi connectivity index (χ0) is 21.1. The molecule has 1 aromatic carbocycles. The van der Waals surface area contributed by atoms with Gasteiger partial charge in [-0.05, 0) is 44.0 Å². The van der Waals surface area contributed by atoms with Crippen LogP contribution in [-0.2, 0) is 13.0 Å². The summed E-state index contributed by atoms with van der Waals surface area (Å²) in [6.45, 7) is 4.39. The average Bonchev–Trinajstić information content (AvgIpc) is 3.20. The predicted octanol–water partition coefficient (Wildman–Crippen LogP) is 3.06. The highest BCUT2D eigenvalue weighted by Crippen LogP contribution is 2.16. The Bertz CT molecular complexity index is 1240. The molecule has 0 saturated heterocycles. The van der Waals surface area contributed by atoms with Gasteiger partial charge >= 0.3 is 0 Å². The van der Waals surface area contributed by atoms with Gasteiger partial charge in [0.1, 0.15) is 0 Å². The number of carbonyl (C=O) groups excluding carboxylic acids is 1. The fraction of sp³-hybridized carbons (Fsp3) is 0.227. The second-order valence-electron chi connectivity index (χ2n) is 7.26. The van der Waals surface area contributed by atoms with Gasteiger partial charge in [0, 0.05) is 36.6 Å². The Kier molecular flexibility index (Phi) is 5.38. The Morgan fingerprint density at radius 1 is 1.03 bits per heavy atom. The Balaban J connectivity index is 1.56. The summed E-state index contributed by atoms with van der Waals surface area (Å²) in [5, 5.41) is 12.5. The summed E-state index contributed by atoms with van der Waals surface area (Å²) < 4.78 is 3.11. The van der Waals surface area contributed by atoms with Crippen molar-refractivity contribution >= 4 is 22.5 Å². The number of fused-ring (bicyclic) bond motifs is 1. The van der Waals surface area contributed by atoms with Crippen molar-refractivity contribution < 1.29 is 4.79 Å². The number of aromatic nitrogens is 5. The van der Waals surface area contributed by atoms with E-state index in [4.69, 9.17) is 0 Å². The molecule has 0 bridgehead atoms. The van der Waals surface area contributed by atoms with E-state index in [-0.39, 0.29) is 17.3 Å². The highest BCUT2D eigenvalue weighted by Gasteiger charge is 2.18. The van der Waals surface area contributed by atoms with Gasteiger partial charge in [-0.1, -0.05) is 18.2 Å². The minimum absolute atomic E-state index is 0.166. The van der Waals surface area contributed by atoms with Crippen LogP contribution in [0.5, 0.6) is 0 Å². The first-order valence-corrected chi connectivity index (χ1v) is 9.78. The lowest BCUT2D eigenvalue weighted by atomic mass is 10.1. The minimum Gasteiger partial charge on any atom is -0.304 e. The zero-order valence-corrected chi connectivity index (χ0v) is 16.8. The normalized spacial score (nSPS) is 11.2. The first-order chi connectivity index (χ1) is 14.5. The largest absolute Gasteiger partial charge is 0.304 e. The highest BCUT2D eigenvalue weighted by molar-refractivity contribution is 6.10. The number of aryl methyl sites for hydroxylation is 2. The van der Waals surface area contributed by atoms with E-state index in [1.165, 1.54) is 4.68 Å². The third-order valence-electron chi connectivity index (χ3n) is 4.79. The van der Waals surface area contributed by atoms with Crippen molar-refractivity contribution in [1.82, 2.24) is 24.5 Å². The number of rotatable bonds is 6. The Morgan fingerprint density at radius 3 is 2.50 bits per heavy atom. The summed E-state index contributed by atoms with van der Waals surface area (Å²) in [5.74, 6) is 0.0305. The van der Waals surface area contributed by atoms with E-state index < -0.39 is 5.91 Å². The number of anilines is 1. The Hall–Kier alpha value is -3.81. The quantitative estimate of drug-likeness (QED) is 0.535. The van der Waals surface area contributed by atoms with Crippen molar-refractivity contribution in [1.29, 1.82) is 0 Å². The molecule has 0 aliphatic carbocycles. The summed E-state index contributed by atoms with van der Waals surface area (Å²) in [6, 6.07) is 12.5. The van der Waals surface area contributed by atoms with Crippen molar-refractivity contribution in [3.8, 4) is 0 Å². The molecule has 4 rings (SSSR count). The summed E-state index contributed by atoms with van der Waals surface area (Å²) >= 11 is 0. The van der Waals surface area contributed by atoms with E-state index in [9.17, 15) is 9.59 Å². The van der Waals surface area contributed by atoms with Gasteiger partial charge in [-0.25, -0.2) is 4.68 Å². The van der Waals surface area contributed by atoms with Crippen LogP contribution in [0.3, 0.4) is 0 Å². The van der Waals surface area contributed by atoms with E-state index in [0.29, 0.717) is 23.1 Å². The SMILES string of the molecule is CC(C)n1nc(C(=O)Nc2ccn(CCc3ccncc3)n2)c2ccccc2c1=O. The lowest BCUT2D eigenvalue weighted by Gasteiger charge is -2.13. The first-order valence-electron chi connectivity index (χ1n) is 9.78. The summed E-state index contributed by atoms with van der Waals surface area (Å²) in [5.41, 5.74) is 1.15. The van der Waals surface area contributed by atoms with Crippen LogP contribution in [0.1, 0.15) is 35.9 Å². The topological polar surface area (TPSA) is 94.7 Å². The van der Waals surface area contributed by atoms with Crippen LogP contribution in [0.2, 0.25) is 0 Å². The molecule has 0 unspecified atom stereocenters. The number of nitrogens with one attached hydrogen (secondary N) is 1. The molecule has 0 saturated carbocycles. The van der Waals surface area contributed by atoms with Crippen molar-refractivity contribution in [3.05, 3.63) is 82.7 Å². The molecule has 152 valence electrons. The van der Waals surface area contributed by atoms with Gasteiger partial charge in [0.25, 0.3) is 11.5 Å². The maximum Gasteiger partial charge on any atom is 0.277 e. The molecule has 8 heteroatoms. The monoisotopic (exact) mass is 402 g/mol. The van der Waals surface area contributed by atoms with Crippen molar-refractivity contribution in [3.63, 3.8) is 0 Å². The van der Waals surface area contributed by atoms with Gasteiger partial charge in [0.15, 0.2) is 11.5 Å². The van der Waals surface area contributed by atoms with Gasteiger partial charge in [-0.2, -0.15) is 10.2 Å². The number of hydrogen-bond donors (Lipinski definition) is 1. The Labute approximate surface area is 173 Å². The number of carbonyl (C=O) groups is 1. The van der Waals surface area contributed by atoms with E-state index in [2.05, 4.69) is 20.5 Å². The molecule has 0 spiro atoms. The molecule has 3 heterocycles. The van der Waals surface area contributed by atoms with Crippen LogP contribution in [-0.4, -0.2) is 30.5 Å². The molecule has 1 amide bonds. The molecule has 3 aromatic heterocycles. The number of pyridine rings is 1. The molecular weight excluding hydrogens is 380 g/mol. The third kappa shape index (κ3) is 3.98. The van der Waals surface area contributed by atoms with E-state index in [1.54, 1.807) is 47.4 Å². The van der Waals surface area contributed by atoms with Gasteiger partial charge in [-0.3, -0.25) is 19.3 Å². The molecule has 0 radical (unpaired) electrons. The summed E-state index contributed by atoms with van der Waals surface area (Å²) in [4.78, 5) is 29.6. The lowest BCUT2D eigenvalue weighted by Crippen LogP contribution is -2.29. The van der Waals surface area contributed by atoms with Crippen LogP contribution in [0.4, 0.5) is 5.82 Å². The van der Waals surface area contributed by atoms with Crippen LogP contribution in [0, 0.1) is 0 Å². The van der Waals surface area contributed by atoms with E-state index in [1.807, 2.05) is 32.2 Å². The molecule has 30 heavy (non-hydrogen) atoms. The molecule has 4 aromatic rings. The minimum atomic E-state index is -0.403. The van der Waals surface area contributed by atoms with Gasteiger partial charge in [0.2, 0.25) is 0 Å². The fourth-order valence-corrected chi connectivity index (χ4v) is 3.25. The third-order valence-corrected chi connectivity index (χ3v) is 4.79. The second-order valence-corrected chi connectivity index (χ2v) is 7.26. The fourth-order valence-electron chi connectivity index (χ4n) is 3.25. The maximum atomic E-state index is 13.0. The molecule has 0 aliphatic heterocycles. The summed E-state index contributed by atoms with van der Waals surface area (Å²) in [6.07, 6.45) is 6.15. The standard InChI is InChI=1S/C22H22N6O2/c1-15(2)28-22(30)18-6-4-3-5-17(18)20(26-28)21(29)24-19-10-14-27(25-19)13-9-16-7-11-23-12-8-16/h3-8,10-12,14-15H,9,13H2,1-2H3,(H,24,25,29). The van der Waals surface area contributed by atoms with Crippen molar-refractivity contribution in [2.24, 2.45) is 0 Å². The molecule has 0 atom stereocenters. The predicted molar refractivity (Wildman–Crippen MR) is 115 cm³/mol. The second kappa shape index (κ2) is 8.28. The molecule has 0 aliphatic rings. The van der Waals surface area contributed by atoms with Gasteiger partial charge in [0.05, 0.1) is 11.4 Å². The average molecular weight is 402 g/mol. The molecular formula is C22H22N6O2. The molecule has 8 nitrogen and oxygen atoms in total. The van der Waals surface area contributed by atoms with Crippen LogP contribution in [0.25, 0.3) is 10.8 Å². The van der Waals surface area contributed by atoms with Crippen LogP contribution in [0.15, 0.2) is 65.8 Å². The van der Waals surface area contributed by atoms with Crippen molar-refractivity contribution in [2.45, 2.75) is 32.9 Å². The summed E-state index contributed by atoms with van der Waals surface area (Å²) in [7, 11) is 0.